The average molecular weight is 283 g/mol. The standard InChI is InChI=1S/C7H8.C2H8O6S2/c1-7-5-3-2-4-6-7;3-9(4)2-1-8-10(5,6)7/h2-6H,1H3;5-7H,1-2H2,(H,3,4)/p-1. The molecule has 8 heteroatoms. The van der Waals surface area contributed by atoms with Crippen molar-refractivity contribution < 1.29 is 26.6 Å². The molecule has 6 nitrogen and oxygen atoms in total. The quantitative estimate of drug-likeness (QED) is 0.729. The first-order chi connectivity index (χ1) is 7.81. The van der Waals surface area contributed by atoms with Gasteiger partial charge in [0.05, 0.1) is 6.61 Å². The summed E-state index contributed by atoms with van der Waals surface area (Å²) >= 11 is -6.29. The predicted octanol–water partition coefficient (Wildman–Crippen LogP) is 2.02. The van der Waals surface area contributed by atoms with Gasteiger partial charge >= 0.3 is 0 Å². The second-order valence-corrected chi connectivity index (χ2v) is 5.14. The molecule has 0 saturated heterocycles. The number of hydrogen-bond acceptors (Lipinski definition) is 6. The van der Waals surface area contributed by atoms with Gasteiger partial charge in [0.15, 0.2) is 0 Å². The van der Waals surface area contributed by atoms with Crippen molar-refractivity contribution in [1.82, 2.24) is 0 Å². The number of benzene rings is 1. The minimum Gasteiger partial charge on any atom is -0.772 e. The van der Waals surface area contributed by atoms with Crippen molar-refractivity contribution >= 4 is 22.2 Å². The Morgan fingerprint density at radius 2 is 1.82 bits per heavy atom. The molecule has 0 fully saturated rings. The fraction of sp³-hybridized carbons (Fsp3) is 0.333. The van der Waals surface area contributed by atoms with Gasteiger partial charge in [0.1, 0.15) is 0 Å². The molecule has 0 bridgehead atoms. The Morgan fingerprint density at radius 1 is 1.29 bits per heavy atom. The van der Waals surface area contributed by atoms with Crippen LogP contribution in [0.25, 0.3) is 0 Å². The summed E-state index contributed by atoms with van der Waals surface area (Å²) in [5, 5.41) is 0. The molecule has 0 radical (unpaired) electrons. The van der Waals surface area contributed by atoms with E-state index in [-0.39, 0.29) is 5.75 Å². The van der Waals surface area contributed by atoms with Crippen molar-refractivity contribution in [2.75, 3.05) is 12.4 Å². The van der Waals surface area contributed by atoms with Crippen molar-refractivity contribution in [2.24, 2.45) is 0 Å². The van der Waals surface area contributed by atoms with Crippen LogP contribution < -0.4 is 0 Å². The zero-order chi connectivity index (χ0) is 13.3. The number of hydrogen-bond donors (Lipinski definition) is 3. The largest absolute Gasteiger partial charge is 0.772 e. The third-order valence-corrected chi connectivity index (χ3v) is 2.41. The van der Waals surface area contributed by atoms with Crippen LogP contribution in [0.1, 0.15) is 5.56 Å². The second kappa shape index (κ2) is 8.59. The SMILES string of the molecule is Cc1ccccc1.O=S([O-])CCOS(O)(O)O. The van der Waals surface area contributed by atoms with Crippen LogP contribution in [0, 0.1) is 6.92 Å². The minimum absolute atomic E-state index is 0.379. The summed E-state index contributed by atoms with van der Waals surface area (Å²) in [5.41, 5.74) is 1.32. The van der Waals surface area contributed by atoms with Crippen LogP contribution in [0.2, 0.25) is 0 Å². The number of rotatable bonds is 4. The molecular formula is C9H15O6S2-. The summed E-state index contributed by atoms with van der Waals surface area (Å²) < 4.78 is 47.7. The molecule has 1 aromatic carbocycles. The maximum absolute atomic E-state index is 9.77. The molecule has 1 unspecified atom stereocenters. The second-order valence-electron chi connectivity index (χ2n) is 2.95. The topological polar surface area (TPSA) is 110 Å². The average Bonchev–Trinajstić information content (AvgIpc) is 2.17. The van der Waals surface area contributed by atoms with E-state index in [0.717, 1.165) is 0 Å². The van der Waals surface area contributed by atoms with E-state index in [1.165, 1.54) is 5.56 Å². The van der Waals surface area contributed by atoms with Gasteiger partial charge in [0, 0.05) is 5.75 Å². The molecule has 0 aliphatic carbocycles. The number of aryl methyl sites for hydroxylation is 1. The molecule has 1 rings (SSSR count). The van der Waals surface area contributed by atoms with Gasteiger partial charge in [-0.25, -0.2) is 0 Å². The van der Waals surface area contributed by atoms with E-state index in [4.69, 9.17) is 13.7 Å². The molecule has 3 N–H and O–H groups in total. The van der Waals surface area contributed by atoms with Crippen LogP contribution in [-0.4, -0.2) is 34.8 Å². The highest BCUT2D eigenvalue weighted by Gasteiger charge is 2.10. The fourth-order valence-electron chi connectivity index (χ4n) is 0.748. The summed E-state index contributed by atoms with van der Waals surface area (Å²) in [6, 6.07) is 10.3. The maximum atomic E-state index is 9.77. The van der Waals surface area contributed by atoms with Crippen molar-refractivity contribution in [1.29, 1.82) is 0 Å². The van der Waals surface area contributed by atoms with Crippen molar-refractivity contribution in [3.63, 3.8) is 0 Å². The van der Waals surface area contributed by atoms with Gasteiger partial charge in [0.25, 0.3) is 0 Å². The summed E-state index contributed by atoms with van der Waals surface area (Å²) in [6.45, 7) is 1.65. The zero-order valence-corrected chi connectivity index (χ0v) is 10.8. The minimum atomic E-state index is -3.99. The summed E-state index contributed by atoms with van der Waals surface area (Å²) in [5.74, 6) is -0.379. The monoisotopic (exact) mass is 283 g/mol. The van der Waals surface area contributed by atoms with Crippen LogP contribution in [-0.2, 0) is 15.3 Å². The molecule has 0 aromatic heterocycles. The molecule has 17 heavy (non-hydrogen) atoms. The Morgan fingerprint density at radius 3 is 2.12 bits per heavy atom. The van der Waals surface area contributed by atoms with E-state index in [2.05, 4.69) is 23.2 Å². The van der Waals surface area contributed by atoms with Gasteiger partial charge < -0.3 is 4.55 Å². The van der Waals surface area contributed by atoms with Crippen LogP contribution in [0.5, 0.6) is 0 Å². The molecule has 1 atom stereocenters. The van der Waals surface area contributed by atoms with E-state index in [0.29, 0.717) is 0 Å². The molecular weight excluding hydrogens is 268 g/mol. The van der Waals surface area contributed by atoms with E-state index in [9.17, 15) is 8.76 Å². The third-order valence-electron chi connectivity index (χ3n) is 1.43. The molecule has 1 aromatic rings. The summed E-state index contributed by atoms with van der Waals surface area (Å²) in [6.07, 6.45) is 0. The molecule has 0 heterocycles. The zero-order valence-electron chi connectivity index (χ0n) is 9.18. The van der Waals surface area contributed by atoms with Crippen molar-refractivity contribution in [2.45, 2.75) is 6.92 Å². The lowest BCUT2D eigenvalue weighted by atomic mass is 10.2. The fourth-order valence-corrected chi connectivity index (χ4v) is 1.38. The first kappa shape index (κ1) is 16.5. The normalized spacial score (nSPS) is 13.5. The predicted molar refractivity (Wildman–Crippen MR) is 66.4 cm³/mol. The first-order valence-corrected chi connectivity index (χ1v) is 7.21. The van der Waals surface area contributed by atoms with E-state index < -0.39 is 28.8 Å². The summed E-state index contributed by atoms with van der Waals surface area (Å²) in [7, 11) is 0. The van der Waals surface area contributed by atoms with Gasteiger partial charge in [-0.05, 0) is 6.92 Å². The Bertz CT molecular complexity index is 324. The Hall–Kier alpha value is -0.480. The van der Waals surface area contributed by atoms with Gasteiger partial charge in [0.2, 0.25) is 11.2 Å². The molecule has 0 amide bonds. The maximum Gasteiger partial charge on any atom is 0.216 e. The lowest BCUT2D eigenvalue weighted by Gasteiger charge is -2.17. The van der Waals surface area contributed by atoms with E-state index in [1.807, 2.05) is 18.2 Å². The van der Waals surface area contributed by atoms with Crippen molar-refractivity contribution in [3.05, 3.63) is 35.9 Å². The Kier molecular flexibility index (Phi) is 8.35. The van der Waals surface area contributed by atoms with Gasteiger partial charge in [-0.15, -0.1) is 0 Å². The van der Waals surface area contributed by atoms with Crippen LogP contribution >= 0.6 is 11.2 Å². The first-order valence-electron chi connectivity index (χ1n) is 4.54. The molecule has 0 aliphatic rings. The molecule has 100 valence electrons. The van der Waals surface area contributed by atoms with Crippen LogP contribution in [0.15, 0.2) is 30.3 Å². The molecule has 0 saturated carbocycles. The molecule has 0 aliphatic heterocycles. The van der Waals surface area contributed by atoms with E-state index >= 15 is 0 Å². The van der Waals surface area contributed by atoms with E-state index in [1.54, 1.807) is 0 Å². The van der Waals surface area contributed by atoms with Gasteiger partial charge in [-0.3, -0.25) is 22.1 Å². The smallest absolute Gasteiger partial charge is 0.216 e. The lowest BCUT2D eigenvalue weighted by molar-refractivity contribution is 0.213. The summed E-state index contributed by atoms with van der Waals surface area (Å²) in [4.78, 5) is 0. The highest BCUT2D eigenvalue weighted by atomic mass is 32.3. The molecule has 0 spiro atoms. The van der Waals surface area contributed by atoms with Gasteiger partial charge in [-0.2, -0.15) is 0 Å². The Balaban J connectivity index is 0.000000318. The highest BCUT2D eigenvalue weighted by Crippen LogP contribution is 2.33. The van der Waals surface area contributed by atoms with Crippen molar-refractivity contribution in [3.8, 4) is 0 Å². The van der Waals surface area contributed by atoms with Crippen LogP contribution in [0.4, 0.5) is 0 Å². The highest BCUT2D eigenvalue weighted by molar-refractivity contribution is 8.15. The van der Waals surface area contributed by atoms with Crippen LogP contribution in [0.3, 0.4) is 0 Å². The Labute approximate surface area is 104 Å². The third kappa shape index (κ3) is 13.5. The van der Waals surface area contributed by atoms with Gasteiger partial charge in [-0.1, -0.05) is 47.0 Å². The lowest BCUT2D eigenvalue weighted by Crippen LogP contribution is -2.08.